The van der Waals surface area contributed by atoms with Crippen molar-refractivity contribution in [1.82, 2.24) is 9.97 Å². The van der Waals surface area contributed by atoms with Crippen LogP contribution in [0.25, 0.3) is 0 Å². The number of aromatic nitrogens is 2. The zero-order valence-corrected chi connectivity index (χ0v) is 9.14. The standard InChI is InChI=1S/C11H11FN4O/c1-17-9-4-7(12)2-3-8(9)15-11-6-14-5-10(13)16-11/h2-6H,1H3,(H3,13,15,16). The van der Waals surface area contributed by atoms with Crippen molar-refractivity contribution >= 4 is 17.3 Å². The molecule has 0 saturated carbocycles. The van der Waals surface area contributed by atoms with Crippen LogP contribution in [-0.2, 0) is 0 Å². The lowest BCUT2D eigenvalue weighted by Gasteiger charge is -2.10. The molecule has 1 heterocycles. The Kier molecular flexibility index (Phi) is 3.04. The molecule has 0 unspecified atom stereocenters. The Bertz CT molecular complexity index is 533. The van der Waals surface area contributed by atoms with Crippen molar-refractivity contribution in [3.05, 3.63) is 36.4 Å². The maximum atomic E-state index is 13.0. The minimum Gasteiger partial charge on any atom is -0.494 e. The molecule has 17 heavy (non-hydrogen) atoms. The first-order chi connectivity index (χ1) is 8.19. The van der Waals surface area contributed by atoms with E-state index in [0.717, 1.165) is 0 Å². The number of ether oxygens (including phenoxy) is 1. The Morgan fingerprint density at radius 3 is 2.88 bits per heavy atom. The lowest BCUT2D eigenvalue weighted by molar-refractivity contribution is 0.413. The Morgan fingerprint density at radius 2 is 2.18 bits per heavy atom. The van der Waals surface area contributed by atoms with E-state index in [1.165, 1.54) is 31.6 Å². The van der Waals surface area contributed by atoms with Crippen LogP contribution in [0.5, 0.6) is 5.75 Å². The minimum absolute atomic E-state index is 0.302. The maximum absolute atomic E-state index is 13.0. The van der Waals surface area contributed by atoms with Crippen LogP contribution in [-0.4, -0.2) is 17.1 Å². The number of benzene rings is 1. The number of hydrogen-bond donors (Lipinski definition) is 2. The van der Waals surface area contributed by atoms with E-state index in [0.29, 0.717) is 23.1 Å². The van der Waals surface area contributed by atoms with E-state index in [1.807, 2.05) is 0 Å². The summed E-state index contributed by atoms with van der Waals surface area (Å²) in [6, 6.07) is 4.16. The van der Waals surface area contributed by atoms with Crippen LogP contribution >= 0.6 is 0 Å². The normalized spacial score (nSPS) is 10.0. The monoisotopic (exact) mass is 234 g/mol. The Labute approximate surface area is 97.5 Å². The number of nitrogens with two attached hydrogens (primary N) is 1. The van der Waals surface area contributed by atoms with Gasteiger partial charge in [-0.2, -0.15) is 0 Å². The van der Waals surface area contributed by atoms with Crippen LogP contribution in [0.4, 0.5) is 21.7 Å². The van der Waals surface area contributed by atoms with Crippen molar-refractivity contribution in [2.45, 2.75) is 0 Å². The number of nitrogens with one attached hydrogen (secondary N) is 1. The smallest absolute Gasteiger partial charge is 0.151 e. The van der Waals surface area contributed by atoms with Gasteiger partial charge in [-0.3, -0.25) is 4.98 Å². The molecule has 0 fully saturated rings. The van der Waals surface area contributed by atoms with Gasteiger partial charge in [0.05, 0.1) is 25.2 Å². The molecule has 0 aliphatic heterocycles. The third kappa shape index (κ3) is 2.60. The molecule has 0 amide bonds. The van der Waals surface area contributed by atoms with Gasteiger partial charge in [0.1, 0.15) is 17.4 Å². The molecule has 0 aliphatic carbocycles. The minimum atomic E-state index is -0.369. The quantitative estimate of drug-likeness (QED) is 0.849. The van der Waals surface area contributed by atoms with Gasteiger partial charge in [-0.05, 0) is 12.1 Å². The fourth-order valence-corrected chi connectivity index (χ4v) is 1.35. The molecule has 1 aromatic heterocycles. The summed E-state index contributed by atoms with van der Waals surface area (Å²) in [6.07, 6.45) is 2.95. The Balaban J connectivity index is 2.29. The highest BCUT2D eigenvalue weighted by Crippen LogP contribution is 2.27. The highest BCUT2D eigenvalue weighted by Gasteiger charge is 2.05. The summed E-state index contributed by atoms with van der Waals surface area (Å²) in [5.74, 6) is 0.784. The van der Waals surface area contributed by atoms with Crippen molar-refractivity contribution in [2.24, 2.45) is 0 Å². The van der Waals surface area contributed by atoms with Gasteiger partial charge in [0, 0.05) is 6.07 Å². The van der Waals surface area contributed by atoms with Gasteiger partial charge in [-0.15, -0.1) is 0 Å². The lowest BCUT2D eigenvalue weighted by atomic mass is 10.3. The lowest BCUT2D eigenvalue weighted by Crippen LogP contribution is -2.00. The third-order valence-corrected chi connectivity index (χ3v) is 2.08. The first-order valence-electron chi connectivity index (χ1n) is 4.87. The molecule has 1 aromatic carbocycles. The van der Waals surface area contributed by atoms with Crippen molar-refractivity contribution in [3.63, 3.8) is 0 Å². The number of methoxy groups -OCH3 is 1. The molecule has 3 N–H and O–H groups in total. The zero-order chi connectivity index (χ0) is 12.3. The molecule has 0 aliphatic rings. The van der Waals surface area contributed by atoms with Crippen LogP contribution in [0.3, 0.4) is 0 Å². The molecule has 5 nitrogen and oxygen atoms in total. The molecule has 2 aromatic rings. The van der Waals surface area contributed by atoms with E-state index in [1.54, 1.807) is 6.07 Å². The molecule has 0 saturated heterocycles. The van der Waals surface area contributed by atoms with Gasteiger partial charge >= 0.3 is 0 Å². The summed E-state index contributed by atoms with van der Waals surface area (Å²) in [4.78, 5) is 7.91. The second-order valence-corrected chi connectivity index (χ2v) is 3.30. The van der Waals surface area contributed by atoms with E-state index in [9.17, 15) is 4.39 Å². The van der Waals surface area contributed by atoms with Crippen molar-refractivity contribution in [1.29, 1.82) is 0 Å². The SMILES string of the molecule is COc1cc(F)ccc1Nc1cncc(N)n1. The summed E-state index contributed by atoms with van der Waals surface area (Å²) < 4.78 is 18.0. The van der Waals surface area contributed by atoms with E-state index >= 15 is 0 Å². The van der Waals surface area contributed by atoms with Gasteiger partial charge in [-0.25, -0.2) is 9.37 Å². The van der Waals surface area contributed by atoms with Crippen LogP contribution < -0.4 is 15.8 Å². The van der Waals surface area contributed by atoms with Crippen molar-refractivity contribution < 1.29 is 9.13 Å². The number of anilines is 3. The van der Waals surface area contributed by atoms with E-state index < -0.39 is 0 Å². The van der Waals surface area contributed by atoms with Crippen LogP contribution in [0.2, 0.25) is 0 Å². The molecule has 0 radical (unpaired) electrons. The second-order valence-electron chi connectivity index (χ2n) is 3.30. The molecule has 0 spiro atoms. The number of nitrogen functional groups attached to an aromatic ring is 1. The molecule has 0 atom stereocenters. The molecular weight excluding hydrogens is 223 g/mol. The van der Waals surface area contributed by atoms with E-state index in [2.05, 4.69) is 15.3 Å². The third-order valence-electron chi connectivity index (χ3n) is 2.08. The summed E-state index contributed by atoms with van der Waals surface area (Å²) in [7, 11) is 1.46. The summed E-state index contributed by atoms with van der Waals surface area (Å²) in [5.41, 5.74) is 6.09. The largest absolute Gasteiger partial charge is 0.494 e. The van der Waals surface area contributed by atoms with Gasteiger partial charge in [0.25, 0.3) is 0 Å². The van der Waals surface area contributed by atoms with E-state index in [-0.39, 0.29) is 5.82 Å². The van der Waals surface area contributed by atoms with Gasteiger partial charge < -0.3 is 15.8 Å². The Morgan fingerprint density at radius 1 is 1.35 bits per heavy atom. The fourth-order valence-electron chi connectivity index (χ4n) is 1.35. The van der Waals surface area contributed by atoms with Crippen molar-refractivity contribution in [2.75, 3.05) is 18.2 Å². The molecule has 2 rings (SSSR count). The fraction of sp³-hybridized carbons (Fsp3) is 0.0909. The highest BCUT2D eigenvalue weighted by atomic mass is 19.1. The summed E-state index contributed by atoms with van der Waals surface area (Å²) in [6.45, 7) is 0. The maximum Gasteiger partial charge on any atom is 0.151 e. The first-order valence-corrected chi connectivity index (χ1v) is 4.87. The summed E-state index contributed by atoms with van der Waals surface area (Å²) in [5, 5.41) is 2.95. The van der Waals surface area contributed by atoms with Gasteiger partial charge in [0.2, 0.25) is 0 Å². The van der Waals surface area contributed by atoms with Crippen LogP contribution in [0, 0.1) is 5.82 Å². The first kappa shape index (κ1) is 11.1. The van der Waals surface area contributed by atoms with Gasteiger partial charge in [0.15, 0.2) is 5.82 Å². The molecule has 0 bridgehead atoms. The number of nitrogens with zero attached hydrogens (tertiary/aromatic N) is 2. The predicted octanol–water partition coefficient (Wildman–Crippen LogP) is 1.95. The number of rotatable bonds is 3. The van der Waals surface area contributed by atoms with Crippen molar-refractivity contribution in [3.8, 4) is 5.75 Å². The topological polar surface area (TPSA) is 73.1 Å². The van der Waals surface area contributed by atoms with E-state index in [4.69, 9.17) is 10.5 Å². The zero-order valence-electron chi connectivity index (χ0n) is 9.14. The summed E-state index contributed by atoms with van der Waals surface area (Å²) >= 11 is 0. The average Bonchev–Trinajstić information content (AvgIpc) is 2.31. The van der Waals surface area contributed by atoms with Gasteiger partial charge in [-0.1, -0.05) is 0 Å². The molecule has 6 heteroatoms. The molecular formula is C11H11FN4O. The molecule has 88 valence electrons. The second kappa shape index (κ2) is 4.65. The number of hydrogen-bond acceptors (Lipinski definition) is 5. The van der Waals surface area contributed by atoms with Crippen LogP contribution in [0.15, 0.2) is 30.6 Å². The average molecular weight is 234 g/mol. The Hall–Kier alpha value is -2.37. The number of halogens is 1. The highest BCUT2D eigenvalue weighted by molar-refractivity contribution is 5.64. The van der Waals surface area contributed by atoms with Crippen LogP contribution in [0.1, 0.15) is 0 Å². The predicted molar refractivity (Wildman–Crippen MR) is 62.7 cm³/mol.